The highest BCUT2D eigenvalue weighted by molar-refractivity contribution is 7.89. The maximum atomic E-state index is 13.0. The predicted octanol–water partition coefficient (Wildman–Crippen LogP) is 5.34. The van der Waals surface area contributed by atoms with Crippen molar-refractivity contribution in [1.29, 1.82) is 0 Å². The molecule has 0 spiro atoms. The van der Waals surface area contributed by atoms with Gasteiger partial charge in [-0.2, -0.15) is 17.5 Å². The first-order valence-corrected chi connectivity index (χ1v) is 11.5. The summed E-state index contributed by atoms with van der Waals surface area (Å²) >= 11 is 5.95. The standard InChI is InChI=1S/C21H22ClF3N2O3S/c1-13-7-9-27(10-8-13)31(29,30)16-5-3-14(2)17(12-16)20(28)26-19-11-15(21(23,24)25)4-6-18(19)22/h3-6,11-13H,7-10H2,1-2H3,(H,26,28). The molecule has 10 heteroatoms. The van der Waals surface area contributed by atoms with Crippen LogP contribution in [0.15, 0.2) is 41.3 Å². The maximum Gasteiger partial charge on any atom is 0.416 e. The molecule has 1 saturated heterocycles. The van der Waals surface area contributed by atoms with Gasteiger partial charge < -0.3 is 5.32 Å². The van der Waals surface area contributed by atoms with Crippen LogP contribution in [-0.4, -0.2) is 31.7 Å². The lowest BCUT2D eigenvalue weighted by atomic mass is 10.0. The van der Waals surface area contributed by atoms with Gasteiger partial charge in [0.1, 0.15) is 0 Å². The zero-order valence-electron chi connectivity index (χ0n) is 17.0. The molecule has 0 saturated carbocycles. The van der Waals surface area contributed by atoms with Crippen LogP contribution >= 0.6 is 11.6 Å². The SMILES string of the molecule is Cc1ccc(S(=O)(=O)N2CCC(C)CC2)cc1C(=O)Nc1cc(C(F)(F)F)ccc1Cl. The van der Waals surface area contributed by atoms with Crippen molar-refractivity contribution in [2.45, 2.75) is 37.8 Å². The molecule has 1 amide bonds. The van der Waals surface area contributed by atoms with E-state index in [2.05, 4.69) is 12.2 Å². The highest BCUT2D eigenvalue weighted by atomic mass is 35.5. The minimum Gasteiger partial charge on any atom is -0.321 e. The quantitative estimate of drug-likeness (QED) is 0.650. The van der Waals surface area contributed by atoms with Gasteiger partial charge in [0.05, 0.1) is 21.2 Å². The maximum absolute atomic E-state index is 13.0. The Kier molecular flexibility index (Phi) is 6.69. The Hall–Kier alpha value is -2.10. The van der Waals surface area contributed by atoms with Gasteiger partial charge >= 0.3 is 6.18 Å². The van der Waals surface area contributed by atoms with Gasteiger partial charge in [0, 0.05) is 18.7 Å². The smallest absolute Gasteiger partial charge is 0.321 e. The number of carbonyl (C=O) groups is 1. The van der Waals surface area contributed by atoms with E-state index in [-0.39, 0.29) is 21.2 Å². The number of halogens is 4. The molecule has 5 nitrogen and oxygen atoms in total. The number of piperidine rings is 1. The largest absolute Gasteiger partial charge is 0.416 e. The molecule has 31 heavy (non-hydrogen) atoms. The first kappa shape index (κ1) is 23.6. The summed E-state index contributed by atoms with van der Waals surface area (Å²) in [5, 5.41) is 2.30. The van der Waals surface area contributed by atoms with Gasteiger partial charge in [-0.3, -0.25) is 4.79 Å². The van der Waals surface area contributed by atoms with E-state index in [1.165, 1.54) is 22.5 Å². The van der Waals surface area contributed by atoms with E-state index in [0.717, 1.165) is 31.0 Å². The molecule has 2 aromatic rings. The third-order valence-electron chi connectivity index (χ3n) is 5.38. The molecule has 2 aromatic carbocycles. The molecule has 1 aliphatic rings. The summed E-state index contributed by atoms with van der Waals surface area (Å²) in [6, 6.07) is 6.78. The number of hydrogen-bond acceptors (Lipinski definition) is 3. The van der Waals surface area contributed by atoms with Gasteiger partial charge in [0.2, 0.25) is 10.0 Å². The number of hydrogen-bond donors (Lipinski definition) is 1. The van der Waals surface area contributed by atoms with Gasteiger partial charge in [0.25, 0.3) is 5.91 Å². The number of carbonyl (C=O) groups excluding carboxylic acids is 1. The molecule has 0 atom stereocenters. The number of amides is 1. The minimum atomic E-state index is -4.60. The molecule has 1 aliphatic heterocycles. The Labute approximate surface area is 184 Å². The topological polar surface area (TPSA) is 66.5 Å². The summed E-state index contributed by atoms with van der Waals surface area (Å²) in [4.78, 5) is 12.8. The van der Waals surface area contributed by atoms with E-state index < -0.39 is 27.7 Å². The lowest BCUT2D eigenvalue weighted by molar-refractivity contribution is -0.137. The van der Waals surface area contributed by atoms with Crippen molar-refractivity contribution in [2.24, 2.45) is 5.92 Å². The Morgan fingerprint density at radius 1 is 1.13 bits per heavy atom. The van der Waals surface area contributed by atoms with Crippen LogP contribution in [0.1, 0.15) is 41.3 Å². The van der Waals surface area contributed by atoms with E-state index in [0.29, 0.717) is 24.6 Å². The van der Waals surface area contributed by atoms with Gasteiger partial charge in [-0.25, -0.2) is 8.42 Å². The van der Waals surface area contributed by atoms with Crippen molar-refractivity contribution >= 4 is 33.2 Å². The summed E-state index contributed by atoms with van der Waals surface area (Å²) in [5.74, 6) is -0.300. The van der Waals surface area contributed by atoms with Gasteiger partial charge in [0.15, 0.2) is 0 Å². The molecule has 1 N–H and O–H groups in total. The van der Waals surface area contributed by atoms with Crippen molar-refractivity contribution in [3.05, 3.63) is 58.1 Å². The number of benzene rings is 2. The third-order valence-corrected chi connectivity index (χ3v) is 7.60. The number of nitrogens with zero attached hydrogens (tertiary/aromatic N) is 1. The summed E-state index contributed by atoms with van der Waals surface area (Å²) in [5.41, 5.74) is -0.648. The van der Waals surface area contributed by atoms with Crippen molar-refractivity contribution < 1.29 is 26.4 Å². The second kappa shape index (κ2) is 8.80. The number of nitrogens with one attached hydrogen (secondary N) is 1. The van der Waals surface area contributed by atoms with E-state index in [4.69, 9.17) is 11.6 Å². The number of anilines is 1. The van der Waals surface area contributed by atoms with Crippen LogP contribution in [0.5, 0.6) is 0 Å². The second-order valence-corrected chi connectivity index (χ2v) is 10.1. The molecule has 0 radical (unpaired) electrons. The van der Waals surface area contributed by atoms with E-state index in [1.54, 1.807) is 6.92 Å². The van der Waals surface area contributed by atoms with Crippen LogP contribution in [0.2, 0.25) is 5.02 Å². The summed E-state index contributed by atoms with van der Waals surface area (Å²) in [6.45, 7) is 4.48. The Balaban J connectivity index is 1.89. The average Bonchev–Trinajstić information content (AvgIpc) is 2.69. The Morgan fingerprint density at radius 3 is 2.39 bits per heavy atom. The van der Waals surface area contributed by atoms with Crippen LogP contribution < -0.4 is 5.32 Å². The Morgan fingerprint density at radius 2 is 1.77 bits per heavy atom. The third kappa shape index (κ3) is 5.22. The van der Waals surface area contributed by atoms with E-state index >= 15 is 0 Å². The molecule has 168 valence electrons. The van der Waals surface area contributed by atoms with Crippen LogP contribution in [0.4, 0.5) is 18.9 Å². The fraction of sp³-hybridized carbons (Fsp3) is 0.381. The van der Waals surface area contributed by atoms with E-state index in [1.807, 2.05) is 0 Å². The molecular weight excluding hydrogens is 453 g/mol. The average molecular weight is 475 g/mol. The fourth-order valence-corrected chi connectivity index (χ4v) is 5.03. The number of aryl methyl sites for hydroxylation is 1. The van der Waals surface area contributed by atoms with Crippen molar-refractivity contribution in [1.82, 2.24) is 4.31 Å². The monoisotopic (exact) mass is 474 g/mol. The molecule has 3 rings (SSSR count). The van der Waals surface area contributed by atoms with Crippen molar-refractivity contribution in [3.63, 3.8) is 0 Å². The highest BCUT2D eigenvalue weighted by Gasteiger charge is 2.32. The molecule has 0 bridgehead atoms. The summed E-state index contributed by atoms with van der Waals surface area (Å²) < 4.78 is 66.3. The van der Waals surface area contributed by atoms with Crippen molar-refractivity contribution in [3.8, 4) is 0 Å². The van der Waals surface area contributed by atoms with Crippen LogP contribution in [0.25, 0.3) is 0 Å². The number of sulfonamides is 1. The lowest BCUT2D eigenvalue weighted by Gasteiger charge is -2.29. The summed E-state index contributed by atoms with van der Waals surface area (Å²) in [6.07, 6.45) is -3.08. The first-order chi connectivity index (χ1) is 14.4. The molecule has 1 heterocycles. The number of alkyl halides is 3. The summed E-state index contributed by atoms with van der Waals surface area (Å²) in [7, 11) is -3.79. The van der Waals surface area contributed by atoms with Gasteiger partial charge in [-0.1, -0.05) is 24.6 Å². The number of rotatable bonds is 4. The molecular formula is C21H22ClF3N2O3S. The molecule has 0 unspecified atom stereocenters. The molecule has 0 aromatic heterocycles. The van der Waals surface area contributed by atoms with Crippen molar-refractivity contribution in [2.75, 3.05) is 18.4 Å². The zero-order valence-corrected chi connectivity index (χ0v) is 18.5. The molecule has 1 fully saturated rings. The van der Waals surface area contributed by atoms with Gasteiger partial charge in [-0.05, 0) is 61.6 Å². The van der Waals surface area contributed by atoms with Gasteiger partial charge in [-0.15, -0.1) is 0 Å². The zero-order chi connectivity index (χ0) is 23.0. The first-order valence-electron chi connectivity index (χ1n) is 9.68. The van der Waals surface area contributed by atoms with Crippen LogP contribution in [0.3, 0.4) is 0 Å². The second-order valence-electron chi connectivity index (χ2n) is 7.71. The fourth-order valence-electron chi connectivity index (χ4n) is 3.37. The lowest BCUT2D eigenvalue weighted by Crippen LogP contribution is -2.38. The van der Waals surface area contributed by atoms with Crippen LogP contribution in [-0.2, 0) is 16.2 Å². The molecule has 0 aliphatic carbocycles. The Bertz CT molecular complexity index is 1100. The van der Waals surface area contributed by atoms with E-state index in [9.17, 15) is 26.4 Å². The van der Waals surface area contributed by atoms with Crippen LogP contribution in [0, 0.1) is 12.8 Å². The minimum absolute atomic E-state index is 0.0343. The normalized spacial score (nSPS) is 16.3. The highest BCUT2D eigenvalue weighted by Crippen LogP contribution is 2.34. The predicted molar refractivity (Wildman–Crippen MR) is 113 cm³/mol.